The van der Waals surface area contributed by atoms with Crippen LogP contribution in [0.25, 0.3) is 0 Å². The van der Waals surface area contributed by atoms with Gasteiger partial charge in [0, 0.05) is 18.2 Å². The Morgan fingerprint density at radius 1 is 1.37 bits per heavy atom. The Morgan fingerprint density at radius 2 is 2.11 bits per heavy atom. The smallest absolute Gasteiger partial charge is 0.103 e. The number of nitrogens with one attached hydrogen (secondary N) is 1. The molecule has 1 aromatic carbocycles. The second-order valence-corrected chi connectivity index (χ2v) is 6.01. The minimum atomic E-state index is 0.0402. The van der Waals surface area contributed by atoms with E-state index in [9.17, 15) is 0 Å². The van der Waals surface area contributed by atoms with Crippen LogP contribution in [-0.2, 0) is 9.47 Å². The van der Waals surface area contributed by atoms with Crippen LogP contribution in [0.4, 0.5) is 5.69 Å². The summed E-state index contributed by atoms with van der Waals surface area (Å²) in [4.78, 5) is 0. The third-order valence-corrected chi connectivity index (χ3v) is 5.05. The average Bonchev–Trinajstić information content (AvgIpc) is 2.37. The van der Waals surface area contributed by atoms with Crippen LogP contribution in [0.5, 0.6) is 0 Å². The summed E-state index contributed by atoms with van der Waals surface area (Å²) < 4.78 is 11.8. The first kappa shape index (κ1) is 15.4. The summed E-state index contributed by atoms with van der Waals surface area (Å²) >= 11 is 15.7. The summed E-state index contributed by atoms with van der Waals surface area (Å²) in [6.07, 6.45) is 1.09. The molecular formula is C13H16BrCl2NO2. The van der Waals surface area contributed by atoms with Crippen LogP contribution in [-0.4, -0.2) is 32.0 Å². The summed E-state index contributed by atoms with van der Waals surface area (Å²) in [5.41, 5.74) is 0.817. The second kappa shape index (κ2) is 6.64. The number of benzene rings is 1. The lowest BCUT2D eigenvalue weighted by Crippen LogP contribution is -2.56. The van der Waals surface area contributed by atoms with E-state index in [4.69, 9.17) is 32.7 Å². The van der Waals surface area contributed by atoms with Gasteiger partial charge in [-0.05, 0) is 41.4 Å². The van der Waals surface area contributed by atoms with Gasteiger partial charge in [-0.1, -0.05) is 23.2 Å². The zero-order valence-electron chi connectivity index (χ0n) is 10.8. The molecule has 0 aliphatic heterocycles. The molecule has 3 nitrogen and oxygen atoms in total. The van der Waals surface area contributed by atoms with Gasteiger partial charge in [-0.3, -0.25) is 0 Å². The quantitative estimate of drug-likeness (QED) is 0.783. The van der Waals surface area contributed by atoms with E-state index in [1.165, 1.54) is 0 Å². The maximum absolute atomic E-state index is 6.22. The van der Waals surface area contributed by atoms with Gasteiger partial charge in [0.2, 0.25) is 0 Å². The molecule has 0 aromatic heterocycles. The largest absolute Gasteiger partial charge is 0.378 e. The normalized spacial score (nSPS) is 26.1. The van der Waals surface area contributed by atoms with Crippen LogP contribution in [0.2, 0.25) is 10.0 Å². The standard InChI is InChI=1S/C13H16BrCl2NO2/c1-3-19-10-6-9(13(10)18-2)17-8-5-4-7(14)11(15)12(8)16/h4-5,9-10,13,17H,3,6H2,1-2H3. The van der Waals surface area contributed by atoms with Gasteiger partial charge in [0.25, 0.3) is 0 Å². The molecule has 2 rings (SSSR count). The summed E-state index contributed by atoms with van der Waals surface area (Å²) in [6.45, 7) is 2.68. The number of halogens is 3. The van der Waals surface area contributed by atoms with E-state index in [-0.39, 0.29) is 18.2 Å². The first-order chi connectivity index (χ1) is 9.08. The summed E-state index contributed by atoms with van der Waals surface area (Å²) in [5, 5.41) is 4.40. The van der Waals surface area contributed by atoms with Gasteiger partial charge in [0.15, 0.2) is 0 Å². The van der Waals surface area contributed by atoms with E-state index in [1.807, 2.05) is 19.1 Å². The molecule has 0 spiro atoms. The summed E-state index contributed by atoms with van der Waals surface area (Å²) in [5.74, 6) is 0. The molecule has 6 heteroatoms. The van der Waals surface area contributed by atoms with E-state index in [0.29, 0.717) is 16.7 Å². The fourth-order valence-corrected chi connectivity index (χ4v) is 3.08. The molecule has 0 heterocycles. The highest BCUT2D eigenvalue weighted by molar-refractivity contribution is 9.10. The number of rotatable bonds is 5. The van der Waals surface area contributed by atoms with Crippen molar-refractivity contribution in [2.45, 2.75) is 31.6 Å². The fourth-order valence-electron chi connectivity index (χ4n) is 2.25. The zero-order valence-corrected chi connectivity index (χ0v) is 13.8. The molecule has 3 atom stereocenters. The maximum Gasteiger partial charge on any atom is 0.103 e. The van der Waals surface area contributed by atoms with Crippen LogP contribution >= 0.6 is 39.1 Å². The Balaban J connectivity index is 2.05. The molecule has 1 aliphatic rings. The van der Waals surface area contributed by atoms with Gasteiger partial charge in [-0.15, -0.1) is 0 Å². The molecule has 1 fully saturated rings. The van der Waals surface area contributed by atoms with Gasteiger partial charge in [0.1, 0.15) is 6.10 Å². The van der Waals surface area contributed by atoms with Gasteiger partial charge >= 0.3 is 0 Å². The highest BCUT2D eigenvalue weighted by atomic mass is 79.9. The molecule has 1 aliphatic carbocycles. The van der Waals surface area contributed by atoms with Crippen LogP contribution in [0.3, 0.4) is 0 Å². The topological polar surface area (TPSA) is 30.5 Å². The maximum atomic E-state index is 6.22. The molecule has 0 saturated heterocycles. The monoisotopic (exact) mass is 367 g/mol. The number of anilines is 1. The van der Waals surface area contributed by atoms with Crippen molar-refractivity contribution in [3.8, 4) is 0 Å². The van der Waals surface area contributed by atoms with Crippen molar-refractivity contribution in [3.63, 3.8) is 0 Å². The number of methoxy groups -OCH3 is 1. The van der Waals surface area contributed by atoms with Crippen molar-refractivity contribution in [2.75, 3.05) is 19.0 Å². The lowest BCUT2D eigenvalue weighted by Gasteiger charge is -2.43. The van der Waals surface area contributed by atoms with Crippen molar-refractivity contribution in [1.82, 2.24) is 0 Å². The van der Waals surface area contributed by atoms with E-state index >= 15 is 0 Å². The van der Waals surface area contributed by atoms with Gasteiger partial charge < -0.3 is 14.8 Å². The summed E-state index contributed by atoms with van der Waals surface area (Å²) in [7, 11) is 1.70. The predicted octanol–water partition coefficient (Wildman–Crippen LogP) is 4.36. The third kappa shape index (κ3) is 3.19. The van der Waals surface area contributed by atoms with Gasteiger partial charge in [-0.25, -0.2) is 0 Å². The van der Waals surface area contributed by atoms with Gasteiger partial charge in [0.05, 0.1) is 27.9 Å². The van der Waals surface area contributed by atoms with E-state index < -0.39 is 0 Å². The second-order valence-electron chi connectivity index (χ2n) is 4.40. The molecule has 0 bridgehead atoms. The minimum Gasteiger partial charge on any atom is -0.378 e. The van der Waals surface area contributed by atoms with Crippen LogP contribution in [0.15, 0.2) is 16.6 Å². The molecule has 19 heavy (non-hydrogen) atoms. The number of hydrogen-bond acceptors (Lipinski definition) is 3. The lowest BCUT2D eigenvalue weighted by molar-refractivity contribution is -0.118. The molecule has 1 N–H and O–H groups in total. The Labute approximate surface area is 131 Å². The van der Waals surface area contributed by atoms with Crippen molar-refractivity contribution in [1.29, 1.82) is 0 Å². The van der Waals surface area contributed by atoms with Crippen molar-refractivity contribution in [3.05, 3.63) is 26.7 Å². The molecule has 1 aromatic rings. The van der Waals surface area contributed by atoms with Crippen LogP contribution in [0.1, 0.15) is 13.3 Å². The predicted molar refractivity (Wildman–Crippen MR) is 82.4 cm³/mol. The Morgan fingerprint density at radius 3 is 2.74 bits per heavy atom. The molecule has 3 unspecified atom stereocenters. The highest BCUT2D eigenvalue weighted by Crippen LogP contribution is 2.38. The Kier molecular flexibility index (Phi) is 5.37. The number of ether oxygens (including phenoxy) is 2. The molecule has 0 radical (unpaired) electrons. The highest BCUT2D eigenvalue weighted by Gasteiger charge is 2.42. The van der Waals surface area contributed by atoms with Crippen LogP contribution < -0.4 is 5.32 Å². The van der Waals surface area contributed by atoms with Crippen LogP contribution in [0, 0.1) is 0 Å². The average molecular weight is 369 g/mol. The van der Waals surface area contributed by atoms with E-state index in [0.717, 1.165) is 16.6 Å². The Bertz CT molecular complexity index is 459. The third-order valence-electron chi connectivity index (χ3n) is 3.28. The zero-order chi connectivity index (χ0) is 14.0. The van der Waals surface area contributed by atoms with Crippen molar-refractivity contribution < 1.29 is 9.47 Å². The summed E-state index contributed by atoms with van der Waals surface area (Å²) in [6, 6.07) is 3.96. The lowest BCUT2D eigenvalue weighted by atomic mass is 9.85. The van der Waals surface area contributed by atoms with E-state index in [1.54, 1.807) is 7.11 Å². The first-order valence-electron chi connectivity index (χ1n) is 6.12. The Hall–Kier alpha value is -0.0000000000000000763. The molecule has 1 saturated carbocycles. The SMILES string of the molecule is CCOC1CC(Nc2ccc(Br)c(Cl)c2Cl)C1OC. The fraction of sp³-hybridized carbons (Fsp3) is 0.538. The number of hydrogen-bond donors (Lipinski definition) is 1. The van der Waals surface area contributed by atoms with Crippen molar-refractivity contribution in [2.24, 2.45) is 0 Å². The first-order valence-corrected chi connectivity index (χ1v) is 7.67. The molecule has 0 amide bonds. The van der Waals surface area contributed by atoms with Crippen molar-refractivity contribution >= 4 is 44.8 Å². The van der Waals surface area contributed by atoms with Gasteiger partial charge in [-0.2, -0.15) is 0 Å². The minimum absolute atomic E-state index is 0.0402. The molecule has 106 valence electrons. The van der Waals surface area contributed by atoms with E-state index in [2.05, 4.69) is 21.2 Å². The molecular weight excluding hydrogens is 353 g/mol.